The normalized spacial score (nSPS) is 25.9. The first kappa shape index (κ1) is 16.7. The smallest absolute Gasteiger partial charge is 0.224 e. The predicted octanol–water partition coefficient (Wildman–Crippen LogP) is 2.20. The Balaban J connectivity index is 1.74. The molecule has 2 heterocycles. The topological polar surface area (TPSA) is 49.9 Å². The van der Waals surface area contributed by atoms with Crippen molar-refractivity contribution in [2.45, 2.75) is 63.8 Å². The molecule has 0 radical (unpaired) electrons. The first-order valence-corrected chi connectivity index (χ1v) is 9.30. The molecule has 5 heteroatoms. The third-order valence-corrected chi connectivity index (χ3v) is 5.98. The molecular formula is C18H30N2O3. The van der Waals surface area contributed by atoms with Crippen molar-refractivity contribution in [3.8, 4) is 0 Å². The molecule has 5 nitrogen and oxygen atoms in total. The third kappa shape index (κ3) is 3.54. The van der Waals surface area contributed by atoms with Crippen LogP contribution in [0.25, 0.3) is 0 Å². The van der Waals surface area contributed by atoms with Crippen molar-refractivity contribution in [2.24, 2.45) is 5.92 Å². The summed E-state index contributed by atoms with van der Waals surface area (Å²) >= 11 is 0. The Hall–Kier alpha value is -1.10. The van der Waals surface area contributed by atoms with Gasteiger partial charge in [-0.25, -0.2) is 0 Å². The van der Waals surface area contributed by atoms with Gasteiger partial charge in [0.05, 0.1) is 5.54 Å². The molecule has 0 unspecified atom stereocenters. The Bertz CT molecular complexity index is 440. The van der Waals surface area contributed by atoms with Crippen LogP contribution in [-0.4, -0.2) is 60.0 Å². The zero-order valence-electron chi connectivity index (χ0n) is 14.4. The summed E-state index contributed by atoms with van der Waals surface area (Å²) in [6, 6.07) is 0. The first-order valence-electron chi connectivity index (χ1n) is 9.30. The molecule has 1 saturated carbocycles. The lowest BCUT2D eigenvalue weighted by molar-refractivity contribution is -0.142. The van der Waals surface area contributed by atoms with E-state index in [1.165, 1.54) is 25.7 Å². The van der Waals surface area contributed by atoms with E-state index in [4.69, 9.17) is 4.74 Å². The second kappa shape index (κ2) is 7.20. The van der Waals surface area contributed by atoms with Crippen LogP contribution in [0.2, 0.25) is 0 Å². The van der Waals surface area contributed by atoms with E-state index in [2.05, 4.69) is 0 Å². The van der Waals surface area contributed by atoms with Crippen LogP contribution in [0.1, 0.15) is 58.3 Å². The van der Waals surface area contributed by atoms with Gasteiger partial charge in [0, 0.05) is 45.7 Å². The number of likely N-dealkylation sites (N-methyl/N-ethyl adjacent to an activating group) is 1. The highest BCUT2D eigenvalue weighted by atomic mass is 16.5. The largest absolute Gasteiger partial charge is 0.381 e. The second-order valence-corrected chi connectivity index (χ2v) is 7.39. The van der Waals surface area contributed by atoms with Gasteiger partial charge in [-0.1, -0.05) is 12.8 Å². The highest BCUT2D eigenvalue weighted by Crippen LogP contribution is 2.33. The van der Waals surface area contributed by atoms with Crippen molar-refractivity contribution < 1.29 is 14.3 Å². The standard InChI is InChI=1S/C18H30N2O3/c1-2-20-16(21)7-10-19(14-18(20)8-11-23-12-9-18)17(22)13-15-5-3-4-6-15/h15H,2-14H2,1H3. The van der Waals surface area contributed by atoms with Crippen LogP contribution in [0.15, 0.2) is 0 Å². The summed E-state index contributed by atoms with van der Waals surface area (Å²) in [5.74, 6) is 1.02. The molecule has 2 saturated heterocycles. The Labute approximate surface area is 139 Å². The fourth-order valence-electron chi connectivity index (χ4n) is 4.64. The predicted molar refractivity (Wildman–Crippen MR) is 87.9 cm³/mol. The number of ether oxygens (including phenoxy) is 1. The number of carbonyl (C=O) groups excluding carboxylic acids is 2. The molecule has 3 aliphatic rings. The van der Waals surface area contributed by atoms with Crippen molar-refractivity contribution in [3.63, 3.8) is 0 Å². The summed E-state index contributed by atoms with van der Waals surface area (Å²) in [6.45, 7) is 5.43. The van der Waals surface area contributed by atoms with Crippen LogP contribution in [0.3, 0.4) is 0 Å². The van der Waals surface area contributed by atoms with Gasteiger partial charge in [0.25, 0.3) is 0 Å². The molecule has 1 aliphatic carbocycles. The molecule has 1 spiro atoms. The van der Waals surface area contributed by atoms with Crippen LogP contribution in [0, 0.1) is 5.92 Å². The lowest BCUT2D eigenvalue weighted by Crippen LogP contribution is -2.58. The third-order valence-electron chi connectivity index (χ3n) is 5.98. The number of nitrogens with zero attached hydrogens (tertiary/aromatic N) is 2. The van der Waals surface area contributed by atoms with Gasteiger partial charge in [-0.15, -0.1) is 0 Å². The van der Waals surface area contributed by atoms with Crippen LogP contribution in [-0.2, 0) is 14.3 Å². The van der Waals surface area contributed by atoms with Gasteiger partial charge in [-0.2, -0.15) is 0 Å². The molecule has 0 aromatic rings. The highest BCUT2D eigenvalue weighted by Gasteiger charge is 2.44. The molecule has 2 amide bonds. The molecule has 2 aliphatic heterocycles. The van der Waals surface area contributed by atoms with Crippen molar-refractivity contribution in [1.29, 1.82) is 0 Å². The fraction of sp³-hybridized carbons (Fsp3) is 0.889. The minimum atomic E-state index is -0.202. The molecule has 130 valence electrons. The fourth-order valence-corrected chi connectivity index (χ4v) is 4.64. The van der Waals surface area contributed by atoms with E-state index in [0.717, 1.165) is 19.4 Å². The maximum absolute atomic E-state index is 12.8. The summed E-state index contributed by atoms with van der Waals surface area (Å²) < 4.78 is 5.53. The maximum Gasteiger partial charge on any atom is 0.224 e. The average Bonchev–Trinajstić information content (AvgIpc) is 3.01. The molecule has 3 fully saturated rings. The zero-order valence-corrected chi connectivity index (χ0v) is 14.4. The number of rotatable bonds is 3. The molecule has 3 rings (SSSR count). The van der Waals surface area contributed by atoms with E-state index >= 15 is 0 Å². The van der Waals surface area contributed by atoms with E-state index in [0.29, 0.717) is 45.1 Å². The Morgan fingerprint density at radius 3 is 2.61 bits per heavy atom. The Morgan fingerprint density at radius 1 is 1.26 bits per heavy atom. The molecule has 0 aromatic heterocycles. The van der Waals surface area contributed by atoms with Crippen molar-refractivity contribution >= 4 is 11.8 Å². The van der Waals surface area contributed by atoms with Crippen LogP contribution >= 0.6 is 0 Å². The van der Waals surface area contributed by atoms with E-state index < -0.39 is 0 Å². The van der Waals surface area contributed by atoms with Gasteiger partial charge >= 0.3 is 0 Å². The monoisotopic (exact) mass is 322 g/mol. The van der Waals surface area contributed by atoms with Gasteiger partial charge in [-0.05, 0) is 38.5 Å². The SMILES string of the molecule is CCN1C(=O)CCN(C(=O)CC2CCCC2)CC12CCOCC2. The van der Waals surface area contributed by atoms with Gasteiger partial charge in [0.15, 0.2) is 0 Å². The lowest BCUT2D eigenvalue weighted by Gasteiger charge is -2.46. The zero-order chi connectivity index (χ0) is 16.3. The summed E-state index contributed by atoms with van der Waals surface area (Å²) in [6.07, 6.45) is 7.75. The van der Waals surface area contributed by atoms with Gasteiger partial charge in [0.2, 0.25) is 11.8 Å². The number of amides is 2. The average molecular weight is 322 g/mol. The summed E-state index contributed by atoms with van der Waals surface area (Å²) in [7, 11) is 0. The maximum atomic E-state index is 12.8. The molecular weight excluding hydrogens is 292 g/mol. The van der Waals surface area contributed by atoms with Crippen LogP contribution < -0.4 is 0 Å². The summed E-state index contributed by atoms with van der Waals surface area (Å²) in [5.41, 5.74) is -0.202. The first-order chi connectivity index (χ1) is 11.1. The van der Waals surface area contributed by atoms with E-state index in [-0.39, 0.29) is 17.4 Å². The summed E-state index contributed by atoms with van der Waals surface area (Å²) in [5, 5.41) is 0. The minimum absolute atomic E-state index is 0.200. The van der Waals surface area contributed by atoms with Crippen LogP contribution in [0.4, 0.5) is 0 Å². The van der Waals surface area contributed by atoms with Gasteiger partial charge < -0.3 is 14.5 Å². The molecule has 23 heavy (non-hydrogen) atoms. The highest BCUT2D eigenvalue weighted by molar-refractivity contribution is 5.81. The van der Waals surface area contributed by atoms with Gasteiger partial charge in [0.1, 0.15) is 0 Å². The number of hydrogen-bond donors (Lipinski definition) is 0. The summed E-state index contributed by atoms with van der Waals surface area (Å²) in [4.78, 5) is 29.4. The van der Waals surface area contributed by atoms with Crippen molar-refractivity contribution in [2.75, 3.05) is 32.8 Å². The quantitative estimate of drug-likeness (QED) is 0.800. The minimum Gasteiger partial charge on any atom is -0.381 e. The van der Waals surface area contributed by atoms with Gasteiger partial charge in [-0.3, -0.25) is 9.59 Å². The van der Waals surface area contributed by atoms with E-state index in [1.807, 2.05) is 16.7 Å². The van der Waals surface area contributed by atoms with E-state index in [1.54, 1.807) is 0 Å². The van der Waals surface area contributed by atoms with Crippen molar-refractivity contribution in [3.05, 3.63) is 0 Å². The molecule has 0 N–H and O–H groups in total. The van der Waals surface area contributed by atoms with Crippen LogP contribution in [0.5, 0.6) is 0 Å². The lowest BCUT2D eigenvalue weighted by atomic mass is 9.87. The molecule has 0 aromatic carbocycles. The second-order valence-electron chi connectivity index (χ2n) is 7.39. The number of carbonyl (C=O) groups is 2. The molecule has 0 bridgehead atoms. The van der Waals surface area contributed by atoms with Crippen molar-refractivity contribution in [1.82, 2.24) is 9.80 Å². The number of hydrogen-bond acceptors (Lipinski definition) is 3. The Morgan fingerprint density at radius 2 is 1.96 bits per heavy atom. The Kier molecular flexibility index (Phi) is 5.24. The molecule has 0 atom stereocenters. The van der Waals surface area contributed by atoms with E-state index in [9.17, 15) is 9.59 Å².